The molecule has 0 aromatic carbocycles. The molecular weight excluding hydrogens is 325 g/mol. The Bertz CT molecular complexity index is 455. The Morgan fingerprint density at radius 1 is 1.32 bits per heavy atom. The number of nitrogens with one attached hydrogen (secondary N) is 1. The number of hydrogen-bond donors (Lipinski definition) is 1. The van der Waals surface area contributed by atoms with Gasteiger partial charge in [-0.25, -0.2) is 9.97 Å². The molecule has 0 bridgehead atoms. The fraction of sp³-hybridized carbons (Fsp3) is 0.643. The molecule has 1 saturated heterocycles. The van der Waals surface area contributed by atoms with E-state index in [4.69, 9.17) is 0 Å². The minimum atomic E-state index is -0.0547. The number of aromatic nitrogens is 2. The topological polar surface area (TPSA) is 61.4 Å². The fourth-order valence-electron chi connectivity index (χ4n) is 2.29. The van der Waals surface area contributed by atoms with Crippen LogP contribution in [0.15, 0.2) is 12.3 Å². The minimum Gasteiger partial charge on any atom is -0.341 e. The van der Waals surface area contributed by atoms with Gasteiger partial charge in [0.25, 0.3) is 5.91 Å². The van der Waals surface area contributed by atoms with Gasteiger partial charge in [-0.1, -0.05) is 0 Å². The lowest BCUT2D eigenvalue weighted by Crippen LogP contribution is -2.34. The molecular formula is C14H25Cl2N5O. The Labute approximate surface area is 144 Å². The van der Waals surface area contributed by atoms with Gasteiger partial charge in [0.05, 0.1) is 0 Å². The van der Waals surface area contributed by atoms with Crippen molar-refractivity contribution in [2.75, 3.05) is 45.2 Å². The number of likely N-dealkylation sites (N-methyl/N-ethyl adjacent to an activating group) is 2. The first-order valence-electron chi connectivity index (χ1n) is 7.20. The van der Waals surface area contributed by atoms with Crippen LogP contribution in [0.25, 0.3) is 0 Å². The smallest absolute Gasteiger partial charge is 0.272 e. The molecule has 0 saturated carbocycles. The molecule has 0 spiro atoms. The first kappa shape index (κ1) is 20.9. The van der Waals surface area contributed by atoms with Gasteiger partial charge in [-0.2, -0.15) is 0 Å². The van der Waals surface area contributed by atoms with Gasteiger partial charge in [0.1, 0.15) is 5.69 Å². The summed E-state index contributed by atoms with van der Waals surface area (Å²) in [5, 5.41) is 3.03. The Morgan fingerprint density at radius 2 is 2.00 bits per heavy atom. The largest absolute Gasteiger partial charge is 0.341 e. The molecule has 1 aromatic rings. The highest BCUT2D eigenvalue weighted by atomic mass is 35.5. The highest BCUT2D eigenvalue weighted by molar-refractivity contribution is 5.92. The number of halogens is 2. The third-order valence-electron chi connectivity index (χ3n) is 3.54. The third-order valence-corrected chi connectivity index (χ3v) is 3.54. The molecule has 8 heteroatoms. The van der Waals surface area contributed by atoms with Crippen LogP contribution in [0, 0.1) is 0 Å². The van der Waals surface area contributed by atoms with Crippen molar-refractivity contribution < 1.29 is 4.79 Å². The number of carbonyl (C=O) groups is 1. The van der Waals surface area contributed by atoms with Gasteiger partial charge in [-0.3, -0.25) is 4.79 Å². The van der Waals surface area contributed by atoms with E-state index in [0.29, 0.717) is 18.2 Å². The Morgan fingerprint density at radius 3 is 2.64 bits per heavy atom. The second-order valence-corrected chi connectivity index (χ2v) is 5.12. The summed E-state index contributed by atoms with van der Waals surface area (Å²) >= 11 is 0. The van der Waals surface area contributed by atoms with Crippen molar-refractivity contribution in [3.8, 4) is 0 Å². The van der Waals surface area contributed by atoms with Crippen molar-refractivity contribution in [2.24, 2.45) is 0 Å². The highest BCUT2D eigenvalue weighted by Gasteiger charge is 2.17. The maximum atomic E-state index is 12.3. The molecule has 0 aliphatic carbocycles. The number of rotatable bonds is 5. The summed E-state index contributed by atoms with van der Waals surface area (Å²) in [5.41, 5.74) is 0.471. The molecule has 126 valence electrons. The maximum absolute atomic E-state index is 12.3. The quantitative estimate of drug-likeness (QED) is 0.874. The number of nitrogens with zero attached hydrogens (tertiary/aromatic N) is 4. The lowest BCUT2D eigenvalue weighted by atomic mass is 10.1. The van der Waals surface area contributed by atoms with Crippen molar-refractivity contribution in [2.45, 2.75) is 19.3 Å². The van der Waals surface area contributed by atoms with E-state index in [-0.39, 0.29) is 30.7 Å². The fourth-order valence-corrected chi connectivity index (χ4v) is 2.29. The summed E-state index contributed by atoms with van der Waals surface area (Å²) < 4.78 is 0. The maximum Gasteiger partial charge on any atom is 0.272 e. The molecule has 0 atom stereocenters. The highest BCUT2D eigenvalue weighted by Crippen LogP contribution is 2.15. The second-order valence-electron chi connectivity index (χ2n) is 5.12. The summed E-state index contributed by atoms with van der Waals surface area (Å²) in [6.07, 6.45) is 5.28. The van der Waals surface area contributed by atoms with Gasteiger partial charge in [0.2, 0.25) is 5.95 Å². The molecule has 6 nitrogen and oxygen atoms in total. The van der Waals surface area contributed by atoms with E-state index >= 15 is 0 Å². The monoisotopic (exact) mass is 349 g/mol. The van der Waals surface area contributed by atoms with E-state index in [1.165, 1.54) is 19.3 Å². The molecule has 1 N–H and O–H groups in total. The van der Waals surface area contributed by atoms with Crippen molar-refractivity contribution in [1.82, 2.24) is 20.2 Å². The van der Waals surface area contributed by atoms with E-state index in [9.17, 15) is 4.79 Å². The average Bonchev–Trinajstić information content (AvgIpc) is 2.53. The zero-order valence-electron chi connectivity index (χ0n) is 13.1. The predicted molar refractivity (Wildman–Crippen MR) is 93.5 cm³/mol. The average molecular weight is 350 g/mol. The number of anilines is 1. The molecule has 1 aliphatic rings. The number of carbonyl (C=O) groups excluding carboxylic acids is 1. The van der Waals surface area contributed by atoms with Crippen LogP contribution >= 0.6 is 24.8 Å². The number of hydrogen-bond acceptors (Lipinski definition) is 5. The van der Waals surface area contributed by atoms with Crippen molar-refractivity contribution in [3.05, 3.63) is 18.0 Å². The van der Waals surface area contributed by atoms with E-state index in [0.717, 1.165) is 19.6 Å². The predicted octanol–water partition coefficient (Wildman–Crippen LogP) is 1.60. The van der Waals surface area contributed by atoms with Crippen LogP contribution in [0.1, 0.15) is 29.8 Å². The Kier molecular flexibility index (Phi) is 10.1. The van der Waals surface area contributed by atoms with E-state index in [2.05, 4.69) is 20.2 Å². The van der Waals surface area contributed by atoms with Crippen LogP contribution in [0.2, 0.25) is 0 Å². The van der Waals surface area contributed by atoms with Crippen LogP contribution in [-0.4, -0.2) is 61.0 Å². The van der Waals surface area contributed by atoms with Gasteiger partial charge in [0.15, 0.2) is 0 Å². The van der Waals surface area contributed by atoms with Gasteiger partial charge < -0.3 is 15.1 Å². The zero-order chi connectivity index (χ0) is 14.4. The summed E-state index contributed by atoms with van der Waals surface area (Å²) in [6, 6.07) is 1.69. The summed E-state index contributed by atoms with van der Waals surface area (Å²) in [6.45, 7) is 3.39. The summed E-state index contributed by atoms with van der Waals surface area (Å²) in [5.74, 6) is 0.624. The molecule has 1 aliphatic heterocycles. The van der Waals surface area contributed by atoms with E-state index in [1.54, 1.807) is 24.2 Å². The minimum absolute atomic E-state index is 0. The first-order chi connectivity index (χ1) is 9.72. The Balaban J connectivity index is 0.00000220. The summed E-state index contributed by atoms with van der Waals surface area (Å²) in [4.78, 5) is 24.8. The van der Waals surface area contributed by atoms with Crippen molar-refractivity contribution >= 4 is 36.7 Å². The van der Waals surface area contributed by atoms with Crippen molar-refractivity contribution in [1.29, 1.82) is 0 Å². The van der Waals surface area contributed by atoms with Crippen LogP contribution in [0.4, 0.5) is 5.95 Å². The van der Waals surface area contributed by atoms with Gasteiger partial charge in [-0.15, -0.1) is 24.8 Å². The van der Waals surface area contributed by atoms with E-state index < -0.39 is 0 Å². The second kappa shape index (κ2) is 10.6. The van der Waals surface area contributed by atoms with Crippen LogP contribution in [0.5, 0.6) is 0 Å². The van der Waals surface area contributed by atoms with Gasteiger partial charge >= 0.3 is 0 Å². The molecule has 2 heterocycles. The zero-order valence-corrected chi connectivity index (χ0v) is 14.8. The molecule has 0 unspecified atom stereocenters. The molecule has 2 rings (SSSR count). The number of piperidine rings is 1. The lowest BCUT2D eigenvalue weighted by Gasteiger charge is -2.26. The molecule has 1 aromatic heterocycles. The first-order valence-corrected chi connectivity index (χ1v) is 7.20. The SMILES string of the molecule is CNCCN(C)C(=O)c1ccnc(N2CCCCC2)n1.Cl.Cl. The standard InChI is InChI=1S/C14H23N5O.2ClH/c1-15-8-11-18(2)13(20)12-6-7-16-14(17-12)19-9-4-3-5-10-19;;/h6-7,15H,3-5,8-11H2,1-2H3;2*1H. The lowest BCUT2D eigenvalue weighted by molar-refractivity contribution is 0.0791. The molecule has 0 radical (unpaired) electrons. The Hall–Kier alpha value is -1.11. The third kappa shape index (κ3) is 5.59. The van der Waals surface area contributed by atoms with Crippen LogP contribution in [-0.2, 0) is 0 Å². The molecule has 1 amide bonds. The van der Waals surface area contributed by atoms with Crippen LogP contribution < -0.4 is 10.2 Å². The summed E-state index contributed by atoms with van der Waals surface area (Å²) in [7, 11) is 3.67. The van der Waals surface area contributed by atoms with E-state index in [1.807, 2.05) is 7.05 Å². The normalized spacial score (nSPS) is 13.8. The van der Waals surface area contributed by atoms with Crippen LogP contribution in [0.3, 0.4) is 0 Å². The molecule has 1 fully saturated rings. The van der Waals surface area contributed by atoms with Crippen molar-refractivity contribution in [3.63, 3.8) is 0 Å². The van der Waals surface area contributed by atoms with Gasteiger partial charge in [0, 0.05) is 39.4 Å². The van der Waals surface area contributed by atoms with Gasteiger partial charge in [-0.05, 0) is 32.4 Å². The molecule has 22 heavy (non-hydrogen) atoms. The number of amides is 1.